The number of benzene rings is 3. The number of hydrogen-bond donors (Lipinski definition) is 1. The molecule has 0 radical (unpaired) electrons. The van der Waals surface area contributed by atoms with E-state index in [1.165, 1.54) is 43.3 Å². The lowest BCUT2D eigenvalue weighted by molar-refractivity contribution is -0.139. The number of nitrogens with zero attached hydrogens (tertiary/aromatic N) is 2. The number of sulfonamides is 1. The van der Waals surface area contributed by atoms with Crippen molar-refractivity contribution in [2.75, 3.05) is 17.4 Å². The highest BCUT2D eigenvalue weighted by Gasteiger charge is 2.37. The smallest absolute Gasteiger partial charge is 0.354 e. The predicted octanol–water partition coefficient (Wildman–Crippen LogP) is 7.11. The van der Waals surface area contributed by atoms with Gasteiger partial charge in [-0.15, -0.1) is 0 Å². The summed E-state index contributed by atoms with van der Waals surface area (Å²) in [5.74, 6) is -1.42. The average Bonchev–Trinajstić information content (AvgIpc) is 2.94. The van der Waals surface area contributed by atoms with Crippen LogP contribution < -0.4 is 9.62 Å². The Balaban J connectivity index is 2.15. The average molecular weight is 679 g/mol. The quantitative estimate of drug-likeness (QED) is 0.234. The van der Waals surface area contributed by atoms with E-state index >= 15 is 0 Å². The normalized spacial score (nSPS) is 12.5. The predicted molar refractivity (Wildman–Crippen MR) is 162 cm³/mol. The minimum absolute atomic E-state index is 0.197. The van der Waals surface area contributed by atoms with E-state index in [2.05, 4.69) is 5.32 Å². The highest BCUT2D eigenvalue weighted by molar-refractivity contribution is 7.92. The lowest BCUT2D eigenvalue weighted by atomic mass is 10.1. The van der Waals surface area contributed by atoms with E-state index in [1.807, 2.05) is 6.92 Å². The van der Waals surface area contributed by atoms with Crippen LogP contribution in [0.3, 0.4) is 0 Å². The molecule has 0 unspecified atom stereocenters. The second-order valence-electron chi connectivity index (χ2n) is 9.68. The number of halogens is 6. The molecule has 1 atom stereocenters. The maximum absolute atomic E-state index is 14.0. The molecule has 0 fully saturated rings. The van der Waals surface area contributed by atoms with Crippen LogP contribution >= 0.6 is 34.8 Å². The van der Waals surface area contributed by atoms with Gasteiger partial charge in [0.25, 0.3) is 10.0 Å². The van der Waals surface area contributed by atoms with Gasteiger partial charge in [0, 0.05) is 28.7 Å². The molecule has 0 saturated carbocycles. The van der Waals surface area contributed by atoms with E-state index in [0.717, 1.165) is 22.6 Å². The maximum atomic E-state index is 14.0. The van der Waals surface area contributed by atoms with Gasteiger partial charge in [-0.05, 0) is 62.7 Å². The Kier molecular flexibility index (Phi) is 11.4. The van der Waals surface area contributed by atoms with Gasteiger partial charge in [-0.1, -0.05) is 65.5 Å². The Bertz CT molecular complexity index is 1570. The molecular weight excluding hydrogens is 650 g/mol. The van der Waals surface area contributed by atoms with E-state index in [9.17, 15) is 31.2 Å². The summed E-state index contributed by atoms with van der Waals surface area (Å²) in [6.07, 6.45) is -4.29. The summed E-state index contributed by atoms with van der Waals surface area (Å²) in [5.41, 5.74) is -0.699. The molecular formula is C29H29Cl3F3N3O4S. The number of anilines is 1. The third-order valence-corrected chi connectivity index (χ3v) is 9.36. The van der Waals surface area contributed by atoms with Crippen molar-refractivity contribution in [1.29, 1.82) is 0 Å². The van der Waals surface area contributed by atoms with Crippen molar-refractivity contribution in [3.8, 4) is 0 Å². The monoisotopic (exact) mass is 677 g/mol. The van der Waals surface area contributed by atoms with Crippen LogP contribution in [0.2, 0.25) is 15.1 Å². The van der Waals surface area contributed by atoms with Gasteiger partial charge >= 0.3 is 6.18 Å². The fourth-order valence-corrected chi connectivity index (χ4v) is 6.23. The summed E-state index contributed by atoms with van der Waals surface area (Å²) < 4.78 is 69.6. The molecule has 14 heteroatoms. The van der Waals surface area contributed by atoms with Gasteiger partial charge < -0.3 is 10.2 Å². The van der Waals surface area contributed by atoms with Gasteiger partial charge in [0.05, 0.1) is 21.2 Å². The molecule has 0 aromatic heterocycles. The van der Waals surface area contributed by atoms with E-state index in [1.54, 1.807) is 13.0 Å². The maximum Gasteiger partial charge on any atom is 0.417 e. The summed E-state index contributed by atoms with van der Waals surface area (Å²) in [4.78, 5) is 27.7. The first-order valence-corrected chi connectivity index (χ1v) is 15.6. The third kappa shape index (κ3) is 8.35. The van der Waals surface area contributed by atoms with E-state index in [0.29, 0.717) is 28.9 Å². The summed E-state index contributed by atoms with van der Waals surface area (Å²) >= 11 is 18.5. The first kappa shape index (κ1) is 34.5. The first-order valence-electron chi connectivity index (χ1n) is 13.0. The second kappa shape index (κ2) is 14.2. The van der Waals surface area contributed by atoms with Crippen molar-refractivity contribution >= 4 is 62.3 Å². The van der Waals surface area contributed by atoms with Crippen LogP contribution in [-0.2, 0) is 32.3 Å². The zero-order chi connectivity index (χ0) is 32.1. The summed E-state index contributed by atoms with van der Waals surface area (Å²) in [5, 5.41) is 2.44. The van der Waals surface area contributed by atoms with Gasteiger partial charge in [-0.25, -0.2) is 8.42 Å². The molecule has 7 nitrogen and oxygen atoms in total. The zero-order valence-electron chi connectivity index (χ0n) is 23.4. The molecule has 0 aliphatic carbocycles. The number of amides is 2. The lowest BCUT2D eigenvalue weighted by Crippen LogP contribution is -2.51. The number of carbonyl (C=O) groups excluding carboxylic acids is 2. The molecule has 43 heavy (non-hydrogen) atoms. The molecule has 232 valence electrons. The highest BCUT2D eigenvalue weighted by Crippen LogP contribution is 2.38. The standard InChI is InChI=1S/C29H29Cl3F3N3O4S/c1-4-14-36-28(40)19(3)37(16-22-24(30)6-5-7-25(22)31)27(39)17-38(43(41,42)21-11-8-18(2)9-12-21)20-10-13-26(32)23(15-20)29(33,34)35/h5-13,15,19H,4,14,16-17H2,1-3H3,(H,36,40)/t19-/m1/s1. The Hall–Kier alpha value is -2.99. The molecule has 0 heterocycles. The topological polar surface area (TPSA) is 86.8 Å². The van der Waals surface area contributed by atoms with Crippen molar-refractivity contribution < 1.29 is 31.2 Å². The first-order chi connectivity index (χ1) is 20.1. The number of rotatable bonds is 11. The van der Waals surface area contributed by atoms with Crippen LogP contribution in [0.5, 0.6) is 0 Å². The molecule has 0 aliphatic rings. The van der Waals surface area contributed by atoms with Gasteiger partial charge in [-0.3, -0.25) is 13.9 Å². The fraction of sp³-hybridized carbons (Fsp3) is 0.310. The van der Waals surface area contributed by atoms with Crippen molar-refractivity contribution in [1.82, 2.24) is 10.2 Å². The largest absolute Gasteiger partial charge is 0.417 e. The van der Waals surface area contributed by atoms with Crippen LogP contribution in [0.1, 0.15) is 37.0 Å². The number of alkyl halides is 3. The highest BCUT2D eigenvalue weighted by atomic mass is 35.5. The summed E-state index contributed by atoms with van der Waals surface area (Å²) in [7, 11) is -4.60. The molecule has 0 saturated heterocycles. The minimum atomic E-state index is -4.91. The SMILES string of the molecule is CCCNC(=O)[C@@H](C)N(Cc1c(Cl)cccc1Cl)C(=O)CN(c1ccc(Cl)c(C(F)(F)F)c1)S(=O)(=O)c1ccc(C)cc1. The van der Waals surface area contributed by atoms with Crippen molar-refractivity contribution in [2.24, 2.45) is 0 Å². The molecule has 3 rings (SSSR count). The van der Waals surface area contributed by atoms with E-state index in [4.69, 9.17) is 34.8 Å². The van der Waals surface area contributed by atoms with Gasteiger partial charge in [0.1, 0.15) is 12.6 Å². The number of nitrogens with one attached hydrogen (secondary N) is 1. The minimum Gasteiger partial charge on any atom is -0.354 e. The van der Waals surface area contributed by atoms with Gasteiger partial charge in [-0.2, -0.15) is 13.2 Å². The molecule has 1 N–H and O–H groups in total. The lowest BCUT2D eigenvalue weighted by Gasteiger charge is -2.32. The van der Waals surface area contributed by atoms with E-state index < -0.39 is 56.9 Å². The third-order valence-electron chi connectivity index (χ3n) is 6.54. The number of hydrogen-bond acceptors (Lipinski definition) is 4. The molecule has 2 amide bonds. The number of carbonyl (C=O) groups is 2. The van der Waals surface area contributed by atoms with Crippen LogP contribution in [-0.4, -0.2) is 44.3 Å². The Labute approximate surface area is 263 Å². The van der Waals surface area contributed by atoms with E-state index in [-0.39, 0.29) is 21.5 Å². The summed E-state index contributed by atoms with van der Waals surface area (Å²) in [6, 6.07) is 11.7. The summed E-state index contributed by atoms with van der Waals surface area (Å²) in [6.45, 7) is 4.09. The fourth-order valence-electron chi connectivity index (χ4n) is 4.08. The zero-order valence-corrected chi connectivity index (χ0v) is 26.5. The van der Waals surface area contributed by atoms with Crippen molar-refractivity contribution in [3.05, 3.63) is 92.4 Å². The molecule has 0 bridgehead atoms. The van der Waals surface area contributed by atoms with Crippen LogP contribution in [0.25, 0.3) is 0 Å². The second-order valence-corrected chi connectivity index (χ2v) is 12.8. The Morgan fingerprint density at radius 3 is 2.12 bits per heavy atom. The van der Waals surface area contributed by atoms with Gasteiger partial charge in [0.2, 0.25) is 11.8 Å². The Morgan fingerprint density at radius 2 is 1.56 bits per heavy atom. The van der Waals surface area contributed by atoms with Crippen LogP contribution in [0.4, 0.5) is 18.9 Å². The Morgan fingerprint density at radius 1 is 0.953 bits per heavy atom. The van der Waals surface area contributed by atoms with Crippen molar-refractivity contribution in [3.63, 3.8) is 0 Å². The number of aryl methyl sites for hydroxylation is 1. The molecule has 0 spiro atoms. The van der Waals surface area contributed by atoms with Crippen LogP contribution in [0.15, 0.2) is 65.6 Å². The van der Waals surface area contributed by atoms with Crippen LogP contribution in [0, 0.1) is 6.92 Å². The molecule has 0 aliphatic heterocycles. The van der Waals surface area contributed by atoms with Crippen molar-refractivity contribution in [2.45, 2.75) is 50.9 Å². The molecule has 3 aromatic rings. The molecule has 3 aromatic carbocycles. The van der Waals surface area contributed by atoms with Gasteiger partial charge in [0.15, 0.2) is 0 Å².